The number of aliphatic hydroxyl groups excluding tert-OH is 4. The Labute approximate surface area is 195 Å². The smallest absolute Gasteiger partial charge is 0.314 e. The Morgan fingerprint density at radius 3 is 2.18 bits per heavy atom. The molecular weight excluding hydrogens is 460 g/mol. The van der Waals surface area contributed by atoms with Gasteiger partial charge in [0.15, 0.2) is 12.1 Å². The second-order valence-electron chi connectivity index (χ2n) is 8.18. The molecule has 0 radical (unpaired) electrons. The minimum Gasteiger partial charge on any atom is -0.481 e. The van der Waals surface area contributed by atoms with Gasteiger partial charge >= 0.3 is 5.97 Å². The van der Waals surface area contributed by atoms with Crippen molar-refractivity contribution in [3.05, 3.63) is 0 Å². The van der Waals surface area contributed by atoms with Gasteiger partial charge in [-0.25, -0.2) is 0 Å². The normalized spacial score (nSPS) is 28.4. The second kappa shape index (κ2) is 13.0. The summed E-state index contributed by atoms with van der Waals surface area (Å²) in [7, 11) is 0. The molecule has 0 aromatic rings. The fourth-order valence-corrected chi connectivity index (χ4v) is 3.60. The largest absolute Gasteiger partial charge is 0.481 e. The summed E-state index contributed by atoms with van der Waals surface area (Å²) < 4.78 is 10.7. The van der Waals surface area contributed by atoms with E-state index in [1.165, 1.54) is 13.8 Å². The topological polar surface area (TPSA) is 269 Å². The lowest BCUT2D eigenvalue weighted by atomic mass is 9.93. The number of ether oxygens (including phenoxy) is 2. The maximum Gasteiger partial charge on any atom is 0.314 e. The van der Waals surface area contributed by atoms with Gasteiger partial charge in [-0.15, -0.1) is 0 Å². The first kappa shape index (κ1) is 29.8. The highest BCUT2D eigenvalue weighted by Crippen LogP contribution is 2.23. The molecule has 9 atom stereocenters. The standard InChI is InChI=1S/C19H34N4O11/c1-7(33-15-13(21)19(32)34-12(6-25)14(15)27)4-23(17(29)8(2)20)10(16(22)28)3-9(18(30)31)11(26)5-24/h7-10,12-15,19,24-25,27,32H,3-6,20-21H2,1-2H3,(H2,22,28)(H,30,31)/t7?,8-,9?,10+,12+,13+,14+,15+,19-/m0/s1. The van der Waals surface area contributed by atoms with Crippen molar-refractivity contribution < 1.29 is 54.2 Å². The van der Waals surface area contributed by atoms with E-state index >= 15 is 0 Å². The summed E-state index contributed by atoms with van der Waals surface area (Å²) in [6.45, 7) is 0.601. The average Bonchev–Trinajstić information content (AvgIpc) is 2.76. The van der Waals surface area contributed by atoms with E-state index in [9.17, 15) is 39.6 Å². The van der Waals surface area contributed by atoms with Crippen LogP contribution in [0.1, 0.15) is 20.3 Å². The first-order valence-electron chi connectivity index (χ1n) is 10.5. The molecule has 1 saturated heterocycles. The Hall–Kier alpha value is -2.24. The van der Waals surface area contributed by atoms with Crippen molar-refractivity contribution in [2.75, 3.05) is 19.8 Å². The van der Waals surface area contributed by atoms with Gasteiger partial charge in [0, 0.05) is 6.54 Å². The number of ketones is 1. The molecule has 34 heavy (non-hydrogen) atoms. The Morgan fingerprint density at radius 2 is 1.74 bits per heavy atom. The minimum absolute atomic E-state index is 0.398. The van der Waals surface area contributed by atoms with Crippen LogP contribution in [0.5, 0.6) is 0 Å². The first-order valence-corrected chi connectivity index (χ1v) is 10.5. The monoisotopic (exact) mass is 494 g/mol. The van der Waals surface area contributed by atoms with Crippen molar-refractivity contribution in [3.8, 4) is 0 Å². The van der Waals surface area contributed by atoms with Gasteiger partial charge in [-0.2, -0.15) is 0 Å². The lowest BCUT2D eigenvalue weighted by Crippen LogP contribution is -2.64. The van der Waals surface area contributed by atoms with E-state index in [0.29, 0.717) is 0 Å². The Kier molecular flexibility index (Phi) is 11.4. The highest BCUT2D eigenvalue weighted by atomic mass is 16.6. The van der Waals surface area contributed by atoms with Crippen LogP contribution in [0, 0.1) is 5.92 Å². The molecule has 0 saturated carbocycles. The van der Waals surface area contributed by atoms with Crippen LogP contribution < -0.4 is 17.2 Å². The van der Waals surface area contributed by atoms with Gasteiger partial charge in [0.2, 0.25) is 11.8 Å². The van der Waals surface area contributed by atoms with Gasteiger partial charge in [-0.05, 0) is 20.3 Å². The molecule has 1 rings (SSSR count). The average molecular weight is 494 g/mol. The minimum atomic E-state index is -1.83. The van der Waals surface area contributed by atoms with E-state index in [-0.39, 0.29) is 0 Å². The van der Waals surface area contributed by atoms with Crippen molar-refractivity contribution >= 4 is 23.6 Å². The summed E-state index contributed by atoms with van der Waals surface area (Å²) in [6.07, 6.45) is -7.18. The Balaban J connectivity index is 3.18. The summed E-state index contributed by atoms with van der Waals surface area (Å²) >= 11 is 0. The number of nitrogens with zero attached hydrogens (tertiary/aromatic N) is 1. The van der Waals surface area contributed by atoms with E-state index in [1.807, 2.05) is 0 Å². The number of aliphatic hydroxyl groups is 4. The maximum atomic E-state index is 12.8. The van der Waals surface area contributed by atoms with E-state index in [2.05, 4.69) is 0 Å². The zero-order valence-electron chi connectivity index (χ0n) is 18.9. The van der Waals surface area contributed by atoms with Gasteiger partial charge < -0.3 is 57.1 Å². The van der Waals surface area contributed by atoms with Gasteiger partial charge in [-0.3, -0.25) is 19.2 Å². The van der Waals surface area contributed by atoms with Crippen molar-refractivity contribution in [1.82, 2.24) is 4.90 Å². The van der Waals surface area contributed by atoms with E-state index in [1.54, 1.807) is 0 Å². The van der Waals surface area contributed by atoms with Crippen molar-refractivity contribution in [3.63, 3.8) is 0 Å². The van der Waals surface area contributed by atoms with Crippen molar-refractivity contribution in [1.29, 1.82) is 0 Å². The predicted molar refractivity (Wildman–Crippen MR) is 112 cm³/mol. The van der Waals surface area contributed by atoms with Crippen LogP contribution in [-0.2, 0) is 28.7 Å². The summed E-state index contributed by atoms with van der Waals surface area (Å²) in [5.74, 6) is -6.48. The van der Waals surface area contributed by atoms with Crippen molar-refractivity contribution in [2.24, 2.45) is 23.1 Å². The molecular formula is C19H34N4O11. The van der Waals surface area contributed by atoms with Gasteiger partial charge in [-0.1, -0.05) is 0 Å². The molecule has 15 nitrogen and oxygen atoms in total. The molecule has 0 aromatic carbocycles. The fourth-order valence-electron chi connectivity index (χ4n) is 3.60. The number of carboxylic acids is 1. The Morgan fingerprint density at radius 1 is 1.15 bits per heavy atom. The number of primary amides is 1. The quantitative estimate of drug-likeness (QED) is 0.111. The van der Waals surface area contributed by atoms with Gasteiger partial charge in [0.25, 0.3) is 0 Å². The zero-order valence-corrected chi connectivity index (χ0v) is 18.9. The highest BCUT2D eigenvalue weighted by Gasteiger charge is 2.45. The van der Waals surface area contributed by atoms with E-state index in [4.69, 9.17) is 31.8 Å². The van der Waals surface area contributed by atoms with Gasteiger partial charge in [0.1, 0.15) is 36.9 Å². The number of nitrogens with two attached hydrogens (primary N) is 3. The molecule has 15 heteroatoms. The first-order chi connectivity index (χ1) is 15.8. The van der Waals surface area contributed by atoms with Gasteiger partial charge in [0.05, 0.1) is 24.8 Å². The molecule has 0 spiro atoms. The maximum absolute atomic E-state index is 12.8. The number of hydrogen-bond donors (Lipinski definition) is 8. The molecule has 2 amide bonds. The number of carbonyl (C=O) groups excluding carboxylic acids is 3. The molecule has 0 bridgehead atoms. The molecule has 0 aromatic heterocycles. The number of carboxylic acid groups (broad SMARTS) is 1. The predicted octanol–water partition coefficient (Wildman–Crippen LogP) is -5.16. The zero-order chi connectivity index (χ0) is 26.3. The third-order valence-corrected chi connectivity index (χ3v) is 5.44. The fraction of sp³-hybridized carbons (Fsp3) is 0.789. The molecule has 196 valence electrons. The molecule has 11 N–H and O–H groups in total. The highest BCUT2D eigenvalue weighted by molar-refractivity contribution is 5.99. The van der Waals surface area contributed by atoms with E-state index < -0.39 is 104 Å². The summed E-state index contributed by atoms with van der Waals surface area (Å²) in [5, 5.41) is 48.0. The summed E-state index contributed by atoms with van der Waals surface area (Å²) in [5.41, 5.74) is 16.9. The second-order valence-corrected chi connectivity index (χ2v) is 8.18. The van der Waals surface area contributed by atoms with Crippen LogP contribution in [0.15, 0.2) is 0 Å². The summed E-state index contributed by atoms with van der Waals surface area (Å²) in [6, 6.07) is -3.99. The summed E-state index contributed by atoms with van der Waals surface area (Å²) in [4.78, 5) is 49.2. The Bertz CT molecular complexity index is 737. The van der Waals surface area contributed by atoms with Crippen LogP contribution in [0.3, 0.4) is 0 Å². The lowest BCUT2D eigenvalue weighted by molar-refractivity contribution is -0.263. The molecule has 2 unspecified atom stereocenters. The molecule has 0 aliphatic carbocycles. The van der Waals surface area contributed by atoms with Crippen molar-refractivity contribution in [2.45, 2.75) is 69.1 Å². The molecule has 1 aliphatic rings. The SMILES string of the molecule is CC(CN(C(=O)[C@H](C)N)[C@H](CC(C(=O)O)C(=O)CO)C(N)=O)O[C@@H]1[C@@H](N)[C@@H](O)O[C@H](CO)[C@H]1O. The number of aliphatic carboxylic acids is 1. The number of Topliss-reactive ketones (excluding diaryl/α,β-unsaturated/α-hetero) is 1. The van der Waals surface area contributed by atoms with Crippen LogP contribution in [0.25, 0.3) is 0 Å². The van der Waals surface area contributed by atoms with Crippen LogP contribution >= 0.6 is 0 Å². The molecule has 1 fully saturated rings. The lowest BCUT2D eigenvalue weighted by Gasteiger charge is -2.42. The number of carbonyl (C=O) groups is 4. The van der Waals surface area contributed by atoms with Crippen LogP contribution in [0.2, 0.25) is 0 Å². The van der Waals surface area contributed by atoms with Crippen LogP contribution in [0.4, 0.5) is 0 Å². The molecule has 1 heterocycles. The number of rotatable bonds is 13. The van der Waals surface area contributed by atoms with Crippen LogP contribution in [-0.4, -0.2) is 123 Å². The van der Waals surface area contributed by atoms with E-state index in [0.717, 1.165) is 4.90 Å². The molecule has 1 aliphatic heterocycles. The number of hydrogen-bond acceptors (Lipinski definition) is 12. The third kappa shape index (κ3) is 7.38. The third-order valence-electron chi connectivity index (χ3n) is 5.44. The number of amides is 2.